The third kappa shape index (κ3) is 4.19. The summed E-state index contributed by atoms with van der Waals surface area (Å²) in [4.78, 5) is 29.4. The first-order chi connectivity index (χ1) is 10.4. The molecule has 2 rings (SSSR count). The second-order valence-electron chi connectivity index (χ2n) is 5.98. The van der Waals surface area contributed by atoms with Crippen molar-refractivity contribution in [2.45, 2.75) is 45.8 Å². The van der Waals surface area contributed by atoms with Gasteiger partial charge in [0.05, 0.1) is 17.6 Å². The molecule has 0 radical (unpaired) electrons. The van der Waals surface area contributed by atoms with E-state index in [0.717, 1.165) is 12.8 Å². The zero-order valence-corrected chi connectivity index (χ0v) is 13.2. The van der Waals surface area contributed by atoms with Crippen LogP contribution in [0.25, 0.3) is 0 Å². The van der Waals surface area contributed by atoms with Crippen LogP contribution in [0, 0.1) is 5.92 Å². The van der Waals surface area contributed by atoms with Crippen molar-refractivity contribution >= 4 is 11.9 Å². The smallest absolute Gasteiger partial charge is 0.308 e. The normalized spacial score (nSPS) is 15.5. The third-order valence-electron chi connectivity index (χ3n) is 3.48. The monoisotopic (exact) mass is 306 g/mol. The van der Waals surface area contributed by atoms with Crippen molar-refractivity contribution < 1.29 is 19.4 Å². The van der Waals surface area contributed by atoms with Crippen molar-refractivity contribution in [2.24, 2.45) is 5.92 Å². The fraction of sp³-hybridized carbons (Fsp3) is 0.562. The molecule has 1 saturated carbocycles. The van der Waals surface area contributed by atoms with Crippen molar-refractivity contribution in [3.8, 4) is 5.88 Å². The molecule has 0 aromatic carbocycles. The van der Waals surface area contributed by atoms with Gasteiger partial charge in [0.2, 0.25) is 5.88 Å². The first kappa shape index (κ1) is 16.3. The minimum atomic E-state index is -0.891. The minimum absolute atomic E-state index is 0.0217. The maximum atomic E-state index is 12.6. The van der Waals surface area contributed by atoms with Gasteiger partial charge in [-0.2, -0.15) is 0 Å². The predicted octanol–water partition coefficient (Wildman–Crippen LogP) is 2.19. The number of rotatable bonds is 7. The van der Waals surface area contributed by atoms with Crippen molar-refractivity contribution in [2.75, 3.05) is 6.54 Å². The van der Waals surface area contributed by atoms with E-state index >= 15 is 0 Å². The van der Waals surface area contributed by atoms with E-state index in [1.807, 2.05) is 13.8 Å². The summed E-state index contributed by atoms with van der Waals surface area (Å²) >= 11 is 0. The van der Waals surface area contributed by atoms with Gasteiger partial charge in [0.15, 0.2) is 0 Å². The lowest BCUT2D eigenvalue weighted by Gasteiger charge is -2.24. The van der Waals surface area contributed by atoms with Crippen LogP contribution in [-0.2, 0) is 4.79 Å². The molecule has 1 unspecified atom stereocenters. The fourth-order valence-electron chi connectivity index (χ4n) is 2.14. The van der Waals surface area contributed by atoms with Gasteiger partial charge in [-0.05, 0) is 32.8 Å². The van der Waals surface area contributed by atoms with Gasteiger partial charge in [0.1, 0.15) is 0 Å². The van der Waals surface area contributed by atoms with Crippen LogP contribution >= 0.6 is 0 Å². The van der Waals surface area contributed by atoms with Crippen molar-refractivity contribution in [3.05, 3.63) is 23.9 Å². The number of carboxylic acid groups (broad SMARTS) is 1. The molecule has 1 aliphatic carbocycles. The van der Waals surface area contributed by atoms with Gasteiger partial charge >= 0.3 is 5.97 Å². The molecule has 1 heterocycles. The fourth-order valence-corrected chi connectivity index (χ4v) is 2.14. The lowest BCUT2D eigenvalue weighted by molar-refractivity contribution is -0.141. The molecule has 1 aromatic rings. The van der Waals surface area contributed by atoms with Crippen LogP contribution in [0.4, 0.5) is 0 Å². The largest absolute Gasteiger partial charge is 0.481 e. The van der Waals surface area contributed by atoms with E-state index in [0.29, 0.717) is 11.4 Å². The van der Waals surface area contributed by atoms with E-state index in [1.165, 1.54) is 6.20 Å². The second kappa shape index (κ2) is 6.77. The Morgan fingerprint density at radius 3 is 2.50 bits per heavy atom. The summed E-state index contributed by atoms with van der Waals surface area (Å²) < 4.78 is 5.45. The van der Waals surface area contributed by atoms with Gasteiger partial charge in [-0.15, -0.1) is 0 Å². The minimum Gasteiger partial charge on any atom is -0.481 e. The van der Waals surface area contributed by atoms with Crippen molar-refractivity contribution in [1.29, 1.82) is 0 Å². The van der Waals surface area contributed by atoms with Crippen LogP contribution in [0.2, 0.25) is 0 Å². The van der Waals surface area contributed by atoms with E-state index in [4.69, 9.17) is 9.84 Å². The Hall–Kier alpha value is -2.11. The number of hydrogen-bond donors (Lipinski definition) is 1. The molecule has 1 fully saturated rings. The molecule has 0 spiro atoms. The summed E-state index contributed by atoms with van der Waals surface area (Å²) in [6.45, 7) is 5.65. The third-order valence-corrected chi connectivity index (χ3v) is 3.48. The molecule has 1 aromatic heterocycles. The van der Waals surface area contributed by atoms with Crippen LogP contribution in [0.1, 0.15) is 44.0 Å². The van der Waals surface area contributed by atoms with E-state index < -0.39 is 11.9 Å². The van der Waals surface area contributed by atoms with Crippen LogP contribution in [0.5, 0.6) is 5.88 Å². The highest BCUT2D eigenvalue weighted by Crippen LogP contribution is 2.29. The van der Waals surface area contributed by atoms with Crippen LogP contribution in [-0.4, -0.2) is 45.6 Å². The van der Waals surface area contributed by atoms with Crippen molar-refractivity contribution in [1.82, 2.24) is 9.88 Å². The number of carbonyl (C=O) groups excluding carboxylic acids is 1. The Bertz CT molecular complexity index is 538. The Morgan fingerprint density at radius 2 is 2.05 bits per heavy atom. The highest BCUT2D eigenvalue weighted by atomic mass is 16.5. The molecule has 0 saturated heterocycles. The summed E-state index contributed by atoms with van der Waals surface area (Å²) in [5.41, 5.74) is 0.459. The molecular formula is C16H22N2O4. The number of ether oxygens (including phenoxy) is 1. The van der Waals surface area contributed by atoms with E-state index in [1.54, 1.807) is 24.0 Å². The summed E-state index contributed by atoms with van der Waals surface area (Å²) in [6, 6.07) is 3.49. The van der Waals surface area contributed by atoms with Gasteiger partial charge in [-0.3, -0.25) is 9.59 Å². The number of aliphatic carboxylic acids is 1. The average molecular weight is 306 g/mol. The molecule has 6 heteroatoms. The molecule has 1 N–H and O–H groups in total. The second-order valence-corrected chi connectivity index (χ2v) is 5.98. The first-order valence-corrected chi connectivity index (χ1v) is 7.55. The number of amides is 1. The summed E-state index contributed by atoms with van der Waals surface area (Å²) in [7, 11) is 0. The molecule has 6 nitrogen and oxygen atoms in total. The first-order valence-electron chi connectivity index (χ1n) is 7.55. The zero-order valence-electron chi connectivity index (χ0n) is 13.2. The Labute approximate surface area is 130 Å². The van der Waals surface area contributed by atoms with Gasteiger partial charge in [0.25, 0.3) is 5.91 Å². The van der Waals surface area contributed by atoms with E-state index in [2.05, 4.69) is 4.98 Å². The van der Waals surface area contributed by atoms with Gasteiger partial charge < -0.3 is 14.7 Å². The summed E-state index contributed by atoms with van der Waals surface area (Å²) in [5, 5.41) is 9.04. The summed E-state index contributed by atoms with van der Waals surface area (Å²) in [6.07, 6.45) is 3.37. The quantitative estimate of drug-likeness (QED) is 0.835. The lowest BCUT2D eigenvalue weighted by Crippen LogP contribution is -2.38. The standard InChI is InChI=1S/C16H22N2O4/c1-10(2)22-14-7-4-12(8-17-14)15(19)18(13-5-6-13)9-11(3)16(20)21/h4,7-8,10-11,13H,5-6,9H2,1-3H3,(H,20,21). The van der Waals surface area contributed by atoms with Gasteiger partial charge in [-0.25, -0.2) is 4.98 Å². The molecule has 0 bridgehead atoms. The predicted molar refractivity (Wildman–Crippen MR) is 80.9 cm³/mol. The van der Waals surface area contributed by atoms with Gasteiger partial charge in [-0.1, -0.05) is 6.92 Å². The Balaban J connectivity index is 2.08. The Morgan fingerprint density at radius 1 is 1.36 bits per heavy atom. The zero-order chi connectivity index (χ0) is 16.3. The van der Waals surface area contributed by atoms with Crippen LogP contribution in [0.3, 0.4) is 0 Å². The average Bonchev–Trinajstić information content (AvgIpc) is 3.28. The van der Waals surface area contributed by atoms with E-state index in [-0.39, 0.29) is 24.6 Å². The topological polar surface area (TPSA) is 79.7 Å². The summed E-state index contributed by atoms with van der Waals surface area (Å²) in [5.74, 6) is -1.17. The number of carbonyl (C=O) groups is 2. The van der Waals surface area contributed by atoms with Crippen LogP contribution in [0.15, 0.2) is 18.3 Å². The SMILES string of the molecule is CC(C)Oc1ccc(C(=O)N(CC(C)C(=O)O)C2CC2)cn1. The number of aromatic nitrogens is 1. The maximum Gasteiger partial charge on any atom is 0.308 e. The molecule has 1 aliphatic rings. The van der Waals surface area contributed by atoms with Gasteiger partial charge in [0, 0.05) is 24.8 Å². The van der Waals surface area contributed by atoms with Crippen molar-refractivity contribution in [3.63, 3.8) is 0 Å². The number of pyridine rings is 1. The number of hydrogen-bond acceptors (Lipinski definition) is 4. The highest BCUT2D eigenvalue weighted by Gasteiger charge is 2.35. The number of carboxylic acids is 1. The molecular weight excluding hydrogens is 284 g/mol. The molecule has 120 valence electrons. The molecule has 0 aliphatic heterocycles. The molecule has 1 atom stereocenters. The maximum absolute atomic E-state index is 12.6. The van der Waals surface area contributed by atoms with Crippen LogP contribution < -0.4 is 4.74 Å². The molecule has 1 amide bonds. The lowest BCUT2D eigenvalue weighted by atomic mass is 10.1. The Kier molecular flexibility index (Phi) is 5.00. The molecule has 22 heavy (non-hydrogen) atoms. The number of nitrogens with zero attached hydrogens (tertiary/aromatic N) is 2. The highest BCUT2D eigenvalue weighted by molar-refractivity contribution is 5.94. The van der Waals surface area contributed by atoms with E-state index in [9.17, 15) is 9.59 Å².